The maximum absolute atomic E-state index is 6.09. The first kappa shape index (κ1) is 10.7. The van der Waals surface area contributed by atoms with Crippen molar-refractivity contribution in [2.24, 2.45) is 5.92 Å². The third-order valence-corrected chi connectivity index (χ3v) is 4.98. The molecule has 4 heteroatoms. The highest BCUT2D eigenvalue weighted by Crippen LogP contribution is 2.45. The van der Waals surface area contributed by atoms with Crippen LogP contribution in [-0.4, -0.2) is 34.5 Å². The number of nitrogens with zero attached hydrogens (tertiary/aromatic N) is 3. The quantitative estimate of drug-likeness (QED) is 0.827. The zero-order valence-electron chi connectivity index (χ0n) is 11.1. The van der Waals surface area contributed by atoms with E-state index in [0.717, 1.165) is 30.5 Å². The van der Waals surface area contributed by atoms with Gasteiger partial charge in [0.1, 0.15) is 11.4 Å². The monoisotopic (exact) mass is 257 g/mol. The molecule has 4 nitrogen and oxygen atoms in total. The summed E-state index contributed by atoms with van der Waals surface area (Å²) in [5.41, 5.74) is 2.36. The van der Waals surface area contributed by atoms with Crippen molar-refractivity contribution in [1.82, 2.24) is 14.9 Å². The minimum absolute atomic E-state index is 0.0632. The van der Waals surface area contributed by atoms with Gasteiger partial charge in [0.2, 0.25) is 0 Å². The zero-order chi connectivity index (χ0) is 12.4. The number of rotatable bonds is 3. The first-order valence-corrected chi connectivity index (χ1v) is 7.55. The van der Waals surface area contributed by atoms with E-state index >= 15 is 0 Å². The molecule has 2 aliphatic carbocycles. The van der Waals surface area contributed by atoms with Gasteiger partial charge < -0.3 is 4.74 Å². The third kappa shape index (κ3) is 1.66. The van der Waals surface area contributed by atoms with Crippen LogP contribution in [0.5, 0.6) is 0 Å². The van der Waals surface area contributed by atoms with Crippen LogP contribution in [0.25, 0.3) is 0 Å². The molecule has 0 amide bonds. The molecule has 3 fully saturated rings. The van der Waals surface area contributed by atoms with Gasteiger partial charge in [0.05, 0.1) is 12.3 Å². The third-order valence-electron chi connectivity index (χ3n) is 4.98. The number of likely N-dealkylation sites (tertiary alicyclic amines) is 1. The van der Waals surface area contributed by atoms with Crippen LogP contribution in [0.15, 0.2) is 6.20 Å². The van der Waals surface area contributed by atoms with Gasteiger partial charge in [0, 0.05) is 37.3 Å². The summed E-state index contributed by atoms with van der Waals surface area (Å²) in [6.07, 6.45) is 7.43. The molecule has 100 valence electrons. The molecule has 1 aromatic rings. The lowest BCUT2D eigenvalue weighted by Gasteiger charge is -2.47. The summed E-state index contributed by atoms with van der Waals surface area (Å²) < 4.78 is 6.09. The molecule has 1 saturated heterocycles. The fourth-order valence-electron chi connectivity index (χ4n) is 3.48. The molecule has 0 unspecified atom stereocenters. The number of fused-ring (bicyclic) bond motifs is 2. The van der Waals surface area contributed by atoms with Crippen molar-refractivity contribution in [3.05, 3.63) is 23.3 Å². The number of hydrogen-bond acceptors (Lipinski definition) is 4. The Morgan fingerprint density at radius 2 is 2.11 bits per heavy atom. The van der Waals surface area contributed by atoms with Crippen LogP contribution >= 0.6 is 0 Å². The minimum Gasteiger partial charge on any atom is -0.361 e. The van der Waals surface area contributed by atoms with Gasteiger partial charge in [-0.2, -0.15) is 0 Å². The Balaban J connectivity index is 1.37. The molecule has 4 aliphatic rings. The number of ether oxygens (including phenoxy) is 1. The van der Waals surface area contributed by atoms with Crippen LogP contribution in [0.2, 0.25) is 0 Å². The molecule has 1 spiro atoms. The van der Waals surface area contributed by atoms with Gasteiger partial charge in [-0.3, -0.25) is 4.90 Å². The topological polar surface area (TPSA) is 38.2 Å². The predicted octanol–water partition coefficient (Wildman–Crippen LogP) is 1.81. The maximum atomic E-state index is 6.09. The lowest BCUT2D eigenvalue weighted by molar-refractivity contribution is -0.142. The molecular formula is C15H19N3O. The van der Waals surface area contributed by atoms with E-state index in [9.17, 15) is 0 Å². The molecule has 19 heavy (non-hydrogen) atoms. The summed E-state index contributed by atoms with van der Waals surface area (Å²) in [7, 11) is 0. The smallest absolute Gasteiger partial charge is 0.131 e. The maximum Gasteiger partial charge on any atom is 0.131 e. The Morgan fingerprint density at radius 3 is 2.84 bits per heavy atom. The van der Waals surface area contributed by atoms with E-state index in [-0.39, 0.29) is 5.60 Å². The van der Waals surface area contributed by atoms with E-state index in [2.05, 4.69) is 16.1 Å². The second-order valence-electron chi connectivity index (χ2n) is 6.76. The summed E-state index contributed by atoms with van der Waals surface area (Å²) >= 11 is 0. The molecule has 2 saturated carbocycles. The van der Waals surface area contributed by atoms with Crippen LogP contribution in [0.1, 0.15) is 48.7 Å². The summed E-state index contributed by atoms with van der Waals surface area (Å²) in [4.78, 5) is 11.8. The summed E-state index contributed by atoms with van der Waals surface area (Å²) in [5.74, 6) is 2.65. The van der Waals surface area contributed by atoms with Gasteiger partial charge >= 0.3 is 0 Å². The van der Waals surface area contributed by atoms with E-state index in [0.29, 0.717) is 12.5 Å². The van der Waals surface area contributed by atoms with Crippen molar-refractivity contribution in [2.75, 3.05) is 19.6 Å². The SMILES string of the molecule is c1nc(C2CC2)nc2c1C1(CN(CC3CC3)C1)OC2. The highest BCUT2D eigenvalue weighted by Gasteiger charge is 2.51. The van der Waals surface area contributed by atoms with E-state index in [1.165, 1.54) is 37.8 Å². The molecule has 1 aromatic heterocycles. The van der Waals surface area contributed by atoms with E-state index < -0.39 is 0 Å². The van der Waals surface area contributed by atoms with Gasteiger partial charge in [-0.15, -0.1) is 0 Å². The molecule has 0 aromatic carbocycles. The Bertz CT molecular complexity index is 530. The van der Waals surface area contributed by atoms with Crippen LogP contribution in [-0.2, 0) is 16.9 Å². The Hall–Kier alpha value is -1.00. The van der Waals surface area contributed by atoms with Gasteiger partial charge in [0.15, 0.2) is 0 Å². The first-order chi connectivity index (χ1) is 9.32. The van der Waals surface area contributed by atoms with Crippen LogP contribution in [0.3, 0.4) is 0 Å². The molecule has 0 atom stereocenters. The average Bonchev–Trinajstić information content (AvgIpc) is 3.26. The van der Waals surface area contributed by atoms with Gasteiger partial charge in [-0.25, -0.2) is 9.97 Å². The van der Waals surface area contributed by atoms with Crippen LogP contribution in [0, 0.1) is 5.92 Å². The molecule has 0 radical (unpaired) electrons. The van der Waals surface area contributed by atoms with Crippen molar-refractivity contribution >= 4 is 0 Å². The van der Waals surface area contributed by atoms with Crippen molar-refractivity contribution in [3.63, 3.8) is 0 Å². The van der Waals surface area contributed by atoms with E-state index in [1.54, 1.807) is 0 Å². The molecule has 0 N–H and O–H groups in total. The molecule has 2 aliphatic heterocycles. The summed E-state index contributed by atoms with van der Waals surface area (Å²) in [5, 5.41) is 0. The minimum atomic E-state index is -0.0632. The Kier molecular flexibility index (Phi) is 2.01. The molecule has 5 rings (SSSR count). The van der Waals surface area contributed by atoms with Gasteiger partial charge in [0.25, 0.3) is 0 Å². The van der Waals surface area contributed by atoms with Crippen molar-refractivity contribution in [2.45, 2.75) is 43.8 Å². The number of aromatic nitrogens is 2. The first-order valence-electron chi connectivity index (χ1n) is 7.55. The molecule has 3 heterocycles. The van der Waals surface area contributed by atoms with Crippen molar-refractivity contribution in [3.8, 4) is 0 Å². The normalized spacial score (nSPS) is 28.4. The van der Waals surface area contributed by atoms with Crippen LogP contribution in [0.4, 0.5) is 0 Å². The highest BCUT2D eigenvalue weighted by atomic mass is 16.5. The lowest BCUT2D eigenvalue weighted by Crippen LogP contribution is -2.59. The fraction of sp³-hybridized carbons (Fsp3) is 0.733. The summed E-state index contributed by atoms with van der Waals surface area (Å²) in [6.45, 7) is 4.04. The van der Waals surface area contributed by atoms with Crippen molar-refractivity contribution in [1.29, 1.82) is 0 Å². The highest BCUT2D eigenvalue weighted by molar-refractivity contribution is 5.33. The Labute approximate surface area is 113 Å². The van der Waals surface area contributed by atoms with Crippen molar-refractivity contribution < 1.29 is 4.74 Å². The fourth-order valence-corrected chi connectivity index (χ4v) is 3.48. The standard InChI is InChI=1S/C15H19N3O/c1-2-10(1)6-18-8-15(9-18)12-5-16-14(11-3-4-11)17-13(12)7-19-15/h5,10-11H,1-4,6-9H2. The Morgan fingerprint density at radius 1 is 1.26 bits per heavy atom. The molecular weight excluding hydrogens is 238 g/mol. The van der Waals surface area contributed by atoms with Gasteiger partial charge in [-0.1, -0.05) is 0 Å². The summed E-state index contributed by atoms with van der Waals surface area (Å²) in [6, 6.07) is 0. The van der Waals surface area contributed by atoms with E-state index in [4.69, 9.17) is 9.72 Å². The second kappa shape index (κ2) is 3.55. The lowest BCUT2D eigenvalue weighted by atomic mass is 9.87. The van der Waals surface area contributed by atoms with Crippen LogP contribution < -0.4 is 0 Å². The molecule has 0 bridgehead atoms. The largest absolute Gasteiger partial charge is 0.361 e. The second-order valence-corrected chi connectivity index (χ2v) is 6.76. The number of hydrogen-bond donors (Lipinski definition) is 0. The average molecular weight is 257 g/mol. The van der Waals surface area contributed by atoms with Gasteiger partial charge in [-0.05, 0) is 31.6 Å². The zero-order valence-corrected chi connectivity index (χ0v) is 11.1. The van der Waals surface area contributed by atoms with E-state index in [1.807, 2.05) is 0 Å². The predicted molar refractivity (Wildman–Crippen MR) is 69.6 cm³/mol.